The number of anilines is 2. The first-order valence-electron chi connectivity index (χ1n) is 9.68. The Kier molecular flexibility index (Phi) is 8.22. The lowest BCUT2D eigenvalue weighted by Crippen LogP contribution is -2.41. The van der Waals surface area contributed by atoms with E-state index >= 15 is 0 Å². The summed E-state index contributed by atoms with van der Waals surface area (Å²) in [5.74, 6) is 0.129. The molecule has 0 fully saturated rings. The summed E-state index contributed by atoms with van der Waals surface area (Å²) in [6.07, 6.45) is 0. The molecule has 1 heterocycles. The van der Waals surface area contributed by atoms with Gasteiger partial charge in [0.05, 0.1) is 4.88 Å². The molecule has 1 aromatic heterocycles. The van der Waals surface area contributed by atoms with Crippen molar-refractivity contribution in [2.45, 2.75) is 33.4 Å². The molecule has 0 spiro atoms. The fourth-order valence-electron chi connectivity index (χ4n) is 3.04. The zero-order valence-electron chi connectivity index (χ0n) is 18.1. The number of ether oxygens (including phenoxy) is 1. The van der Waals surface area contributed by atoms with Crippen molar-refractivity contribution in [2.24, 2.45) is 5.92 Å². The third-order valence-corrected chi connectivity index (χ3v) is 5.77. The Bertz CT molecular complexity index is 819. The van der Waals surface area contributed by atoms with Crippen molar-refractivity contribution in [1.29, 1.82) is 0 Å². The number of rotatable bonds is 9. The smallest absolute Gasteiger partial charge is 0.264 e. The number of nitrogens with zero attached hydrogens (tertiary/aromatic N) is 2. The van der Waals surface area contributed by atoms with Gasteiger partial charge in [-0.15, -0.1) is 11.3 Å². The molecule has 29 heavy (non-hydrogen) atoms. The summed E-state index contributed by atoms with van der Waals surface area (Å²) < 4.78 is 4.89. The highest BCUT2D eigenvalue weighted by Gasteiger charge is 2.26. The van der Waals surface area contributed by atoms with Crippen LogP contribution in [0, 0.1) is 5.92 Å². The molecule has 2 amide bonds. The van der Waals surface area contributed by atoms with Crippen molar-refractivity contribution >= 4 is 34.5 Å². The van der Waals surface area contributed by atoms with Crippen LogP contribution in [0.15, 0.2) is 35.7 Å². The molecular formula is C22H31N3O3S. The molecular weight excluding hydrogens is 386 g/mol. The van der Waals surface area contributed by atoms with Gasteiger partial charge in [0.25, 0.3) is 5.91 Å². The van der Waals surface area contributed by atoms with Crippen LogP contribution in [0.25, 0.3) is 0 Å². The molecule has 1 N–H and O–H groups in total. The van der Waals surface area contributed by atoms with Gasteiger partial charge in [-0.3, -0.25) is 9.59 Å². The number of carbonyl (C=O) groups excluding carboxylic acids is 2. The van der Waals surface area contributed by atoms with Crippen LogP contribution < -0.4 is 10.2 Å². The van der Waals surface area contributed by atoms with Gasteiger partial charge in [0.2, 0.25) is 5.91 Å². The summed E-state index contributed by atoms with van der Waals surface area (Å²) in [6, 6.07) is 9.58. The Hall–Kier alpha value is -2.38. The minimum absolute atomic E-state index is 0.00185. The normalized spacial score (nSPS) is 12.0. The standard InChI is InChI=1S/C22H31N3O3S/c1-15(2)16(3)25(22(27)20-8-7-11-29-20)13-17-12-18(23-21(26)14-28-6)9-10-19(17)24(4)5/h7-12,15-16H,13-14H2,1-6H3,(H,23,26)/t16-/m1/s1. The van der Waals surface area contributed by atoms with Gasteiger partial charge < -0.3 is 19.9 Å². The molecule has 0 radical (unpaired) electrons. The number of hydrogen-bond acceptors (Lipinski definition) is 5. The van der Waals surface area contributed by atoms with Gasteiger partial charge in [-0.2, -0.15) is 0 Å². The van der Waals surface area contributed by atoms with E-state index in [4.69, 9.17) is 4.74 Å². The Morgan fingerprint density at radius 1 is 1.17 bits per heavy atom. The van der Waals surface area contributed by atoms with Crippen LogP contribution in [0.4, 0.5) is 11.4 Å². The Labute approximate surface area is 177 Å². The second-order valence-corrected chi connectivity index (χ2v) is 8.56. The number of methoxy groups -OCH3 is 1. The maximum atomic E-state index is 13.2. The van der Waals surface area contributed by atoms with E-state index in [1.807, 2.05) is 59.6 Å². The predicted octanol–water partition coefficient (Wildman–Crippen LogP) is 4.09. The average molecular weight is 418 g/mol. The molecule has 0 unspecified atom stereocenters. The van der Waals surface area contributed by atoms with Crippen LogP contribution >= 0.6 is 11.3 Å². The van der Waals surface area contributed by atoms with Crippen molar-refractivity contribution in [3.05, 3.63) is 46.2 Å². The van der Waals surface area contributed by atoms with Crippen LogP contribution in [0.3, 0.4) is 0 Å². The molecule has 1 atom stereocenters. The second kappa shape index (κ2) is 10.4. The molecule has 0 saturated carbocycles. The maximum Gasteiger partial charge on any atom is 0.264 e. The van der Waals surface area contributed by atoms with Crippen molar-refractivity contribution in [3.8, 4) is 0 Å². The van der Waals surface area contributed by atoms with Gasteiger partial charge in [-0.25, -0.2) is 0 Å². The lowest BCUT2D eigenvalue weighted by atomic mass is 10.0. The molecule has 0 aliphatic carbocycles. The summed E-state index contributed by atoms with van der Waals surface area (Å²) in [5, 5.41) is 4.77. The van der Waals surface area contributed by atoms with E-state index in [0.29, 0.717) is 18.2 Å². The Balaban J connectivity index is 2.39. The van der Waals surface area contributed by atoms with Gasteiger partial charge in [-0.05, 0) is 48.1 Å². The molecule has 2 rings (SSSR count). The van der Waals surface area contributed by atoms with Crippen molar-refractivity contribution in [3.63, 3.8) is 0 Å². The SMILES string of the molecule is COCC(=O)Nc1ccc(N(C)C)c(CN(C(=O)c2cccs2)[C@H](C)C(C)C)c1. The van der Waals surface area contributed by atoms with Gasteiger partial charge in [-0.1, -0.05) is 19.9 Å². The second-order valence-electron chi connectivity index (χ2n) is 7.61. The van der Waals surface area contributed by atoms with Crippen LogP contribution in [-0.2, 0) is 16.1 Å². The molecule has 158 valence electrons. The largest absolute Gasteiger partial charge is 0.377 e. The predicted molar refractivity (Wildman–Crippen MR) is 120 cm³/mol. The van der Waals surface area contributed by atoms with E-state index in [0.717, 1.165) is 16.1 Å². The molecule has 1 aromatic carbocycles. The monoisotopic (exact) mass is 417 g/mol. The first-order valence-corrected chi connectivity index (χ1v) is 10.6. The molecule has 0 saturated heterocycles. The van der Waals surface area contributed by atoms with Gasteiger partial charge >= 0.3 is 0 Å². The lowest BCUT2D eigenvalue weighted by Gasteiger charge is -2.33. The summed E-state index contributed by atoms with van der Waals surface area (Å²) in [4.78, 5) is 29.8. The van der Waals surface area contributed by atoms with Gasteiger partial charge in [0, 0.05) is 45.2 Å². The van der Waals surface area contributed by atoms with Crippen LogP contribution in [-0.4, -0.2) is 50.6 Å². The van der Waals surface area contributed by atoms with Crippen LogP contribution in [0.5, 0.6) is 0 Å². The molecule has 0 bridgehead atoms. The zero-order valence-corrected chi connectivity index (χ0v) is 18.9. The molecule has 6 nitrogen and oxygen atoms in total. The number of thiophene rings is 1. The highest BCUT2D eigenvalue weighted by Crippen LogP contribution is 2.27. The fourth-order valence-corrected chi connectivity index (χ4v) is 3.72. The van der Waals surface area contributed by atoms with Crippen molar-refractivity contribution in [1.82, 2.24) is 4.90 Å². The third-order valence-electron chi connectivity index (χ3n) is 4.91. The third kappa shape index (κ3) is 6.05. The lowest BCUT2D eigenvalue weighted by molar-refractivity contribution is -0.119. The highest BCUT2D eigenvalue weighted by atomic mass is 32.1. The van der Waals surface area contributed by atoms with E-state index in [-0.39, 0.29) is 24.5 Å². The van der Waals surface area contributed by atoms with Crippen molar-refractivity contribution < 1.29 is 14.3 Å². The summed E-state index contributed by atoms with van der Waals surface area (Å²) in [5.41, 5.74) is 2.67. The number of amides is 2. The van der Waals surface area contributed by atoms with Crippen LogP contribution in [0.1, 0.15) is 36.0 Å². The number of carbonyl (C=O) groups is 2. The van der Waals surface area contributed by atoms with E-state index in [2.05, 4.69) is 26.1 Å². The Morgan fingerprint density at radius 3 is 2.45 bits per heavy atom. The van der Waals surface area contributed by atoms with E-state index in [1.54, 1.807) is 0 Å². The van der Waals surface area contributed by atoms with Gasteiger partial charge in [0.1, 0.15) is 6.61 Å². The molecule has 2 aromatic rings. The number of benzene rings is 1. The molecule has 0 aliphatic heterocycles. The summed E-state index contributed by atoms with van der Waals surface area (Å²) in [7, 11) is 5.43. The molecule has 0 aliphatic rings. The van der Waals surface area contributed by atoms with E-state index in [1.165, 1.54) is 18.4 Å². The minimum atomic E-state index is -0.210. The van der Waals surface area contributed by atoms with E-state index < -0.39 is 0 Å². The fraction of sp³-hybridized carbons (Fsp3) is 0.455. The Morgan fingerprint density at radius 2 is 1.90 bits per heavy atom. The highest BCUT2D eigenvalue weighted by molar-refractivity contribution is 7.12. The number of hydrogen-bond donors (Lipinski definition) is 1. The summed E-state index contributed by atoms with van der Waals surface area (Å²) >= 11 is 1.45. The maximum absolute atomic E-state index is 13.2. The quantitative estimate of drug-likeness (QED) is 0.668. The van der Waals surface area contributed by atoms with E-state index in [9.17, 15) is 9.59 Å². The van der Waals surface area contributed by atoms with Crippen molar-refractivity contribution in [2.75, 3.05) is 38.0 Å². The number of nitrogens with one attached hydrogen (secondary N) is 1. The average Bonchev–Trinajstić information content (AvgIpc) is 3.19. The first-order chi connectivity index (χ1) is 13.7. The summed E-state index contributed by atoms with van der Waals surface area (Å²) in [6.45, 7) is 6.77. The molecule has 7 heteroatoms. The van der Waals surface area contributed by atoms with Gasteiger partial charge in [0.15, 0.2) is 0 Å². The topological polar surface area (TPSA) is 61.9 Å². The zero-order chi connectivity index (χ0) is 21.6. The first kappa shape index (κ1) is 22.9. The minimum Gasteiger partial charge on any atom is -0.377 e. The van der Waals surface area contributed by atoms with Crippen LogP contribution in [0.2, 0.25) is 0 Å².